The maximum Gasteiger partial charge on any atom is 0.220 e. The molecule has 0 saturated carbocycles. The smallest absolute Gasteiger partial charge is 0.220 e. The minimum absolute atomic E-state index is 0.166. The molecular formula is C63H99NO18. The zero-order valence-electron chi connectivity index (χ0n) is 48.1. The quantitative estimate of drug-likeness (QED) is 0.0281. The fourth-order valence-corrected chi connectivity index (χ4v) is 8.89. The number of aliphatic hydroxyl groups is 11. The molecule has 12 N–H and O–H groups in total. The molecule has 0 aromatic carbocycles. The zero-order chi connectivity index (χ0) is 59.7. The van der Waals surface area contributed by atoms with Crippen molar-refractivity contribution in [3.8, 4) is 0 Å². The van der Waals surface area contributed by atoms with Gasteiger partial charge in [0.1, 0.15) is 73.2 Å². The third kappa shape index (κ3) is 27.8. The molecule has 0 radical (unpaired) electrons. The van der Waals surface area contributed by atoms with Gasteiger partial charge >= 0.3 is 0 Å². The van der Waals surface area contributed by atoms with Gasteiger partial charge in [0.15, 0.2) is 18.9 Å². The van der Waals surface area contributed by atoms with E-state index in [2.05, 4.69) is 141 Å². The number of carbonyl (C=O) groups excluding carboxylic acids is 1. The second kappa shape index (κ2) is 44.4. The summed E-state index contributed by atoms with van der Waals surface area (Å²) in [7, 11) is 0. The van der Waals surface area contributed by atoms with E-state index >= 15 is 0 Å². The number of rotatable bonds is 40. The summed E-state index contributed by atoms with van der Waals surface area (Å²) in [6, 6.07) is -1.03. The van der Waals surface area contributed by atoms with E-state index in [1.165, 1.54) is 0 Å². The van der Waals surface area contributed by atoms with Crippen LogP contribution in [-0.2, 0) is 33.2 Å². The first-order valence-electron chi connectivity index (χ1n) is 29.4. The normalized spacial score (nSPS) is 30.6. The van der Waals surface area contributed by atoms with Crippen LogP contribution < -0.4 is 5.32 Å². The van der Waals surface area contributed by atoms with Gasteiger partial charge in [0.2, 0.25) is 5.91 Å². The standard InChI is InChI=1S/C63H99NO18/c1-3-5-7-9-11-13-15-16-17-18-19-20-21-22-23-24-25-26-27-28-29-30-31-33-35-37-39-41-51(69)64-46(47(68)40-38-36-34-32-14-12-10-8-6-4-2)45-77-61-57(75)54(72)59(49(43-66)79-61)82-63-58(76)55(73)60(50(44-67)80-63)81-62-56(74)53(71)52(70)48(42-65)78-62/h5-8,11,13-14,16-17,19-20,22-23,25-26,28-29,31-33,38,40,46-50,52-63,65-68,70-76H,3-4,9-10,12,15,18,21,24,27,30,34-37,39,41-45H2,1-2H3,(H,64,69)/b7-5-,8-6+,13-11-,17-16-,20-19-,23-22-,26-25-,29-28-,32-14+,33-31-,40-38+. The number of aliphatic hydroxyl groups excluding tert-OH is 11. The van der Waals surface area contributed by atoms with Crippen molar-refractivity contribution in [2.75, 3.05) is 26.4 Å². The Balaban J connectivity index is 1.47. The van der Waals surface area contributed by atoms with Gasteiger partial charge in [-0.25, -0.2) is 0 Å². The Bertz CT molecular complexity index is 2010. The first-order valence-corrected chi connectivity index (χ1v) is 29.4. The molecule has 19 nitrogen and oxygen atoms in total. The van der Waals surface area contributed by atoms with Crippen LogP contribution in [0.15, 0.2) is 134 Å². The van der Waals surface area contributed by atoms with Crippen LogP contribution in [0.5, 0.6) is 0 Å². The molecule has 3 rings (SSSR count). The zero-order valence-corrected chi connectivity index (χ0v) is 48.1. The Morgan fingerprint density at radius 1 is 0.439 bits per heavy atom. The molecule has 0 aliphatic carbocycles. The summed E-state index contributed by atoms with van der Waals surface area (Å²) in [6.07, 6.45) is 33.2. The third-order valence-corrected chi connectivity index (χ3v) is 13.7. The number of carbonyl (C=O) groups is 1. The molecule has 464 valence electrons. The topological polar surface area (TPSA) is 307 Å². The predicted octanol–water partition coefficient (Wildman–Crippen LogP) is 5.09. The van der Waals surface area contributed by atoms with E-state index in [4.69, 9.17) is 28.4 Å². The number of hydrogen-bond acceptors (Lipinski definition) is 18. The molecule has 0 aromatic heterocycles. The second-order valence-electron chi connectivity index (χ2n) is 20.3. The summed E-state index contributed by atoms with van der Waals surface area (Å²) in [4.78, 5) is 13.3. The first-order chi connectivity index (χ1) is 39.8. The molecule has 0 aromatic rings. The second-order valence-corrected chi connectivity index (χ2v) is 20.3. The number of hydrogen-bond donors (Lipinski definition) is 12. The molecule has 17 unspecified atom stereocenters. The van der Waals surface area contributed by atoms with Gasteiger partial charge in [-0.1, -0.05) is 148 Å². The average molecular weight is 1160 g/mol. The molecule has 1 amide bonds. The van der Waals surface area contributed by atoms with Crippen molar-refractivity contribution in [3.05, 3.63) is 134 Å². The van der Waals surface area contributed by atoms with Crippen LogP contribution in [0.3, 0.4) is 0 Å². The van der Waals surface area contributed by atoms with E-state index < -0.39 is 131 Å². The fraction of sp³-hybridized carbons (Fsp3) is 0.635. The van der Waals surface area contributed by atoms with Gasteiger partial charge in [-0.3, -0.25) is 4.79 Å². The molecule has 3 fully saturated rings. The van der Waals surface area contributed by atoms with E-state index in [1.54, 1.807) is 12.2 Å². The van der Waals surface area contributed by atoms with Gasteiger partial charge in [0.25, 0.3) is 0 Å². The lowest BCUT2D eigenvalue weighted by Gasteiger charge is -2.48. The summed E-state index contributed by atoms with van der Waals surface area (Å²) in [5.74, 6) is -0.343. The Morgan fingerprint density at radius 2 is 0.805 bits per heavy atom. The monoisotopic (exact) mass is 1160 g/mol. The van der Waals surface area contributed by atoms with Gasteiger partial charge in [-0.05, 0) is 103 Å². The van der Waals surface area contributed by atoms with Crippen molar-refractivity contribution in [2.45, 2.75) is 227 Å². The van der Waals surface area contributed by atoms with E-state index in [0.717, 1.165) is 89.9 Å². The van der Waals surface area contributed by atoms with Crippen molar-refractivity contribution in [1.29, 1.82) is 0 Å². The largest absolute Gasteiger partial charge is 0.394 e. The summed E-state index contributed by atoms with van der Waals surface area (Å²) in [5.41, 5.74) is 0. The van der Waals surface area contributed by atoms with Crippen molar-refractivity contribution in [3.63, 3.8) is 0 Å². The highest BCUT2D eigenvalue weighted by molar-refractivity contribution is 5.76. The lowest BCUT2D eigenvalue weighted by Crippen LogP contribution is -2.66. The van der Waals surface area contributed by atoms with Crippen LogP contribution in [0.2, 0.25) is 0 Å². The molecule has 17 atom stereocenters. The van der Waals surface area contributed by atoms with Crippen molar-refractivity contribution >= 4 is 5.91 Å². The number of allylic oxidation sites excluding steroid dienone is 21. The summed E-state index contributed by atoms with van der Waals surface area (Å²) >= 11 is 0. The SMILES string of the molecule is CC/C=C\C/C=C\C/C=C\C/C=C\C/C=C\C/C=C\C/C=C\C/C=C\CCCCC(=O)NC(COC1OC(CO)C(OC2OC(CO)C(OC3OC(CO)C(O)C(O)C3O)C(O)C2O)C(O)C1O)C(O)/C=C/CC/C=C/CC/C=C/CC. The Kier molecular flexibility index (Phi) is 39.1. The van der Waals surface area contributed by atoms with Crippen LogP contribution in [0.4, 0.5) is 0 Å². The molecule has 3 heterocycles. The van der Waals surface area contributed by atoms with Gasteiger partial charge < -0.3 is 89.9 Å². The van der Waals surface area contributed by atoms with Gasteiger partial charge in [-0.2, -0.15) is 0 Å². The highest BCUT2D eigenvalue weighted by Gasteiger charge is 2.53. The van der Waals surface area contributed by atoms with Crippen LogP contribution >= 0.6 is 0 Å². The molecule has 3 aliphatic rings. The summed E-state index contributed by atoms with van der Waals surface area (Å²) in [5, 5.41) is 120. The van der Waals surface area contributed by atoms with Crippen LogP contribution in [-0.4, -0.2) is 193 Å². The number of unbranched alkanes of at least 4 members (excludes halogenated alkanes) is 4. The maximum atomic E-state index is 13.3. The highest BCUT2D eigenvalue weighted by atomic mass is 16.8. The van der Waals surface area contributed by atoms with Crippen LogP contribution in [0, 0.1) is 0 Å². The van der Waals surface area contributed by atoms with E-state index in [9.17, 15) is 61.0 Å². The maximum absolute atomic E-state index is 13.3. The molecule has 3 saturated heterocycles. The summed E-state index contributed by atoms with van der Waals surface area (Å²) < 4.78 is 34.1. The van der Waals surface area contributed by atoms with Crippen LogP contribution in [0.1, 0.15) is 123 Å². The Hall–Kier alpha value is -4.07. The number of amides is 1. The Labute approximate surface area is 486 Å². The minimum Gasteiger partial charge on any atom is -0.394 e. The van der Waals surface area contributed by atoms with Crippen LogP contribution in [0.25, 0.3) is 0 Å². The lowest BCUT2D eigenvalue weighted by atomic mass is 9.96. The highest BCUT2D eigenvalue weighted by Crippen LogP contribution is 2.33. The van der Waals surface area contributed by atoms with E-state index in [-0.39, 0.29) is 12.3 Å². The van der Waals surface area contributed by atoms with E-state index in [1.807, 2.05) is 0 Å². The van der Waals surface area contributed by atoms with Gasteiger partial charge in [-0.15, -0.1) is 0 Å². The number of ether oxygens (including phenoxy) is 6. The number of nitrogens with one attached hydrogen (secondary N) is 1. The van der Waals surface area contributed by atoms with Gasteiger partial charge in [0.05, 0.1) is 38.6 Å². The fourth-order valence-electron chi connectivity index (χ4n) is 8.89. The minimum atomic E-state index is -1.99. The van der Waals surface area contributed by atoms with E-state index in [0.29, 0.717) is 12.8 Å². The predicted molar refractivity (Wildman–Crippen MR) is 313 cm³/mol. The van der Waals surface area contributed by atoms with Crippen molar-refractivity contribution in [2.24, 2.45) is 0 Å². The lowest BCUT2D eigenvalue weighted by molar-refractivity contribution is -0.379. The average Bonchev–Trinajstić information content (AvgIpc) is 3.64. The molecule has 82 heavy (non-hydrogen) atoms. The summed E-state index contributed by atoms with van der Waals surface area (Å²) in [6.45, 7) is 1.36. The van der Waals surface area contributed by atoms with Gasteiger partial charge in [0, 0.05) is 6.42 Å². The van der Waals surface area contributed by atoms with Crippen molar-refractivity contribution in [1.82, 2.24) is 5.32 Å². The molecular weight excluding hydrogens is 1060 g/mol. The Morgan fingerprint density at radius 3 is 1.27 bits per heavy atom. The molecule has 0 spiro atoms. The van der Waals surface area contributed by atoms with Crippen molar-refractivity contribution < 1.29 is 89.4 Å². The third-order valence-electron chi connectivity index (χ3n) is 13.7. The molecule has 19 heteroatoms. The molecule has 3 aliphatic heterocycles. The first kappa shape index (κ1) is 72.2. The molecule has 0 bridgehead atoms.